The molecule has 0 aliphatic rings. The third-order valence-corrected chi connectivity index (χ3v) is 1.98. The van der Waals surface area contributed by atoms with Crippen LogP contribution in [0.2, 0.25) is 0 Å². The number of rotatable bonds is 0. The van der Waals surface area contributed by atoms with Gasteiger partial charge in [-0.15, -0.1) is 0 Å². The van der Waals surface area contributed by atoms with Crippen molar-refractivity contribution in [3.05, 3.63) is 74.5 Å². The second kappa shape index (κ2) is 9.98. The summed E-state index contributed by atoms with van der Waals surface area (Å²) in [6, 6.07) is 9.62. The van der Waals surface area contributed by atoms with Crippen molar-refractivity contribution in [1.29, 1.82) is 0 Å². The van der Waals surface area contributed by atoms with E-state index in [0.29, 0.717) is 0 Å². The van der Waals surface area contributed by atoms with Gasteiger partial charge >= 0.3 is 38.6 Å². The summed E-state index contributed by atoms with van der Waals surface area (Å²) in [5, 5.41) is 0. The summed E-state index contributed by atoms with van der Waals surface area (Å²) in [4.78, 5) is 0. The molecule has 0 fully saturated rings. The van der Waals surface area contributed by atoms with E-state index < -0.39 is 23.5 Å². The third kappa shape index (κ3) is 8.92. The van der Waals surface area contributed by atoms with E-state index in [1.807, 2.05) is 0 Å². The van der Waals surface area contributed by atoms with Gasteiger partial charge < -0.3 is 14.9 Å². The summed E-state index contributed by atoms with van der Waals surface area (Å²) in [7, 11) is 0. The smallest absolute Gasteiger partial charge is 0.358 e. The average molecular weight is 387 g/mol. The summed E-state index contributed by atoms with van der Waals surface area (Å²) in [5.41, 5.74) is -1.16. The summed E-state index contributed by atoms with van der Waals surface area (Å²) in [6.07, 6.45) is -8.35. The van der Waals surface area contributed by atoms with Crippen molar-refractivity contribution in [3.8, 4) is 0 Å². The van der Waals surface area contributed by atoms with Crippen molar-refractivity contribution in [3.63, 3.8) is 0 Å². The van der Waals surface area contributed by atoms with Crippen LogP contribution in [-0.4, -0.2) is 0 Å². The maximum absolute atomic E-state index is 11.6. The number of halogens is 6. The van der Waals surface area contributed by atoms with Crippen LogP contribution in [0, 0.1) is 14.9 Å². The molecule has 2 aromatic rings. The van der Waals surface area contributed by atoms with Crippen LogP contribution in [0.15, 0.2) is 48.5 Å². The van der Waals surface area contributed by atoms with E-state index in [-0.39, 0.29) is 41.1 Å². The predicted octanol–water partition coefficient (Wildman–Crippen LogP) is 5.75. The summed E-state index contributed by atoms with van der Waals surface area (Å²) < 4.78 is 69.7. The molecule has 0 saturated heterocycles. The van der Waals surface area contributed by atoms with Crippen LogP contribution in [0.25, 0.3) is 0 Å². The summed E-state index contributed by atoms with van der Waals surface area (Å²) in [6.45, 7) is 0. The zero-order valence-electron chi connectivity index (χ0n) is 11.4. The van der Waals surface area contributed by atoms with Crippen molar-refractivity contribution in [2.24, 2.45) is 0 Å². The Kier molecular flexibility index (Phi) is 12.0. The van der Waals surface area contributed by atoms with Crippen molar-refractivity contribution >= 4 is 0 Å². The Morgan fingerprint density at radius 3 is 0.810 bits per heavy atom. The van der Waals surface area contributed by atoms with Crippen LogP contribution in [0.4, 0.5) is 26.3 Å². The zero-order valence-corrected chi connectivity index (χ0v) is 13.8. The van der Waals surface area contributed by atoms with E-state index >= 15 is 0 Å². The molecule has 7 heteroatoms. The van der Waals surface area contributed by atoms with Crippen LogP contribution in [-0.2, 0) is 38.6 Å². The Balaban J connectivity index is -0.000000270. The molecule has 0 aliphatic heterocycles. The molecule has 0 nitrogen and oxygen atoms in total. The predicted molar refractivity (Wildman–Crippen MR) is 66.9 cm³/mol. The van der Waals surface area contributed by atoms with Crippen molar-refractivity contribution < 1.29 is 52.5 Å². The molecule has 21 heavy (non-hydrogen) atoms. The fourth-order valence-electron chi connectivity index (χ4n) is 1.13. The molecular weight excluding hydrogens is 373 g/mol. The topological polar surface area (TPSA) is 0 Å². The SMILES string of the molecule is FC(F)(F)[c-]1cccc1.FC(F)(F)[c-]1cccc1.[CH3-].[CH3-].[Zr+4]. The van der Waals surface area contributed by atoms with Gasteiger partial charge in [-0.05, 0) is 0 Å². The first-order valence-corrected chi connectivity index (χ1v) is 4.79. The first-order valence-electron chi connectivity index (χ1n) is 4.79. The molecule has 0 heterocycles. The average Bonchev–Trinajstić information content (AvgIpc) is 2.91. The molecule has 116 valence electrons. The van der Waals surface area contributed by atoms with E-state index in [1.54, 1.807) is 0 Å². The van der Waals surface area contributed by atoms with E-state index in [1.165, 1.54) is 24.3 Å². The summed E-state index contributed by atoms with van der Waals surface area (Å²) >= 11 is 0. The van der Waals surface area contributed by atoms with Gasteiger partial charge in [0.2, 0.25) is 0 Å². The monoisotopic (exact) mass is 386 g/mol. The standard InChI is InChI=1S/2C6H4F3.2CH3.Zr/c2*7-6(8,9)5-3-1-2-4-5;;;/h2*1-4H;2*1H3;/q4*-1;+4. The minimum absolute atomic E-state index is 0. The Morgan fingerprint density at radius 1 is 0.524 bits per heavy atom. The fourth-order valence-corrected chi connectivity index (χ4v) is 1.13. The van der Waals surface area contributed by atoms with Gasteiger partial charge in [0, 0.05) is 0 Å². The number of hydrogen-bond acceptors (Lipinski definition) is 0. The second-order valence-corrected chi connectivity index (χ2v) is 3.34. The molecule has 2 rings (SSSR count). The molecule has 0 saturated carbocycles. The first-order chi connectivity index (χ1) is 8.21. The molecule has 0 spiro atoms. The van der Waals surface area contributed by atoms with Crippen LogP contribution in [0.1, 0.15) is 11.1 Å². The van der Waals surface area contributed by atoms with Gasteiger partial charge in [-0.3, -0.25) is 0 Å². The Labute approximate surface area is 139 Å². The van der Waals surface area contributed by atoms with E-state index in [2.05, 4.69) is 0 Å². The molecule has 0 N–H and O–H groups in total. The van der Waals surface area contributed by atoms with Crippen LogP contribution >= 0.6 is 0 Å². The zero-order chi connectivity index (χ0) is 13.8. The van der Waals surface area contributed by atoms with Crippen molar-refractivity contribution in [2.75, 3.05) is 0 Å². The van der Waals surface area contributed by atoms with Gasteiger partial charge in [-0.2, -0.15) is 50.6 Å². The third-order valence-electron chi connectivity index (χ3n) is 1.98. The molecule has 0 aromatic heterocycles. The quantitative estimate of drug-likeness (QED) is 0.399. The molecule has 0 unspecified atom stereocenters. The van der Waals surface area contributed by atoms with Gasteiger partial charge in [-0.1, -0.05) is 11.1 Å². The molecule has 0 radical (unpaired) electrons. The Morgan fingerprint density at radius 2 is 0.714 bits per heavy atom. The molecule has 0 aliphatic carbocycles. The van der Waals surface area contributed by atoms with E-state index in [0.717, 1.165) is 24.3 Å². The number of hydrogen-bond donors (Lipinski definition) is 0. The summed E-state index contributed by atoms with van der Waals surface area (Å²) in [5.74, 6) is 0. The molecule has 0 bridgehead atoms. The van der Waals surface area contributed by atoms with Crippen molar-refractivity contribution in [1.82, 2.24) is 0 Å². The van der Waals surface area contributed by atoms with E-state index in [4.69, 9.17) is 0 Å². The normalized spacial score (nSPS) is 10.2. The minimum Gasteiger partial charge on any atom is -0.358 e. The maximum Gasteiger partial charge on any atom is 4.00 e. The van der Waals surface area contributed by atoms with E-state index in [9.17, 15) is 26.3 Å². The minimum atomic E-state index is -4.18. The van der Waals surface area contributed by atoms with Crippen LogP contribution < -0.4 is 0 Å². The van der Waals surface area contributed by atoms with Crippen LogP contribution in [0.3, 0.4) is 0 Å². The van der Waals surface area contributed by atoms with Crippen molar-refractivity contribution in [2.45, 2.75) is 12.4 Å². The van der Waals surface area contributed by atoms with Crippen LogP contribution in [0.5, 0.6) is 0 Å². The number of alkyl halides is 6. The van der Waals surface area contributed by atoms with Gasteiger partial charge in [0.15, 0.2) is 0 Å². The Hall–Kier alpha value is -0.837. The van der Waals surface area contributed by atoms with Gasteiger partial charge in [0.1, 0.15) is 0 Å². The molecule has 2 aromatic carbocycles. The fraction of sp³-hybridized carbons (Fsp3) is 0.143. The molecule has 0 amide bonds. The largest absolute Gasteiger partial charge is 4.00 e. The van der Waals surface area contributed by atoms with Gasteiger partial charge in [0.05, 0.1) is 0 Å². The van der Waals surface area contributed by atoms with Gasteiger partial charge in [-0.25, -0.2) is 24.3 Å². The molecule has 0 atom stereocenters. The maximum atomic E-state index is 11.6. The first kappa shape index (κ1) is 25.1. The van der Waals surface area contributed by atoms with Gasteiger partial charge in [0.25, 0.3) is 0 Å². The molecular formula is C14H14F6Zr. The Bertz CT molecular complexity index is 393. The second-order valence-electron chi connectivity index (χ2n) is 3.34.